The van der Waals surface area contributed by atoms with Crippen LogP contribution in [0.25, 0.3) is 0 Å². The quantitative estimate of drug-likeness (QED) is 0.437. The topological polar surface area (TPSA) is 98.9 Å². The number of aromatic nitrogens is 1. The zero-order valence-corrected chi connectivity index (χ0v) is 14.6. The third-order valence-corrected chi connectivity index (χ3v) is 3.48. The van der Waals surface area contributed by atoms with E-state index < -0.39 is 4.92 Å². The van der Waals surface area contributed by atoms with E-state index in [0.717, 1.165) is 16.2 Å². The van der Waals surface area contributed by atoms with Crippen molar-refractivity contribution < 1.29 is 14.4 Å². The molecule has 1 heterocycles. The lowest BCUT2D eigenvalue weighted by Crippen LogP contribution is -1.98. The van der Waals surface area contributed by atoms with Gasteiger partial charge in [0.25, 0.3) is 5.69 Å². The highest BCUT2D eigenvalue weighted by Gasteiger charge is 2.10. The number of hydrogen-bond acceptors (Lipinski definition) is 7. The molecule has 2 aromatic rings. The summed E-state index contributed by atoms with van der Waals surface area (Å²) in [5, 5.41) is 14.6. The van der Waals surface area contributed by atoms with Crippen molar-refractivity contribution in [2.45, 2.75) is 6.92 Å². The summed E-state index contributed by atoms with van der Waals surface area (Å²) in [5.41, 5.74) is 3.40. The minimum atomic E-state index is -0.510. The van der Waals surface area contributed by atoms with Crippen LogP contribution in [0.15, 0.2) is 40.0 Å². The summed E-state index contributed by atoms with van der Waals surface area (Å²) in [7, 11) is 1.56. The van der Waals surface area contributed by atoms with Gasteiger partial charge in [-0.2, -0.15) is 5.10 Å². The smallest absolute Gasteiger partial charge is 0.287 e. The number of hydrazone groups is 1. The molecule has 0 aliphatic carbocycles. The average Bonchev–Trinajstić information content (AvgIpc) is 2.57. The van der Waals surface area contributed by atoms with E-state index in [1.165, 1.54) is 12.1 Å². The number of rotatable bonds is 7. The van der Waals surface area contributed by atoms with Crippen molar-refractivity contribution in [3.8, 4) is 11.5 Å². The monoisotopic (exact) mass is 394 g/mol. The fourth-order valence-corrected chi connectivity index (χ4v) is 2.41. The van der Waals surface area contributed by atoms with E-state index in [9.17, 15) is 10.1 Å². The lowest BCUT2D eigenvalue weighted by atomic mass is 10.2. The Labute approximate surface area is 146 Å². The molecule has 0 atom stereocenters. The van der Waals surface area contributed by atoms with Crippen molar-refractivity contribution in [3.05, 3.63) is 50.6 Å². The molecule has 0 unspecified atom stereocenters. The van der Waals surface area contributed by atoms with Gasteiger partial charge in [-0.25, -0.2) is 4.98 Å². The summed E-state index contributed by atoms with van der Waals surface area (Å²) in [6.07, 6.45) is 2.74. The fraction of sp³-hybridized carbons (Fsp3) is 0.200. The van der Waals surface area contributed by atoms with Crippen molar-refractivity contribution in [1.82, 2.24) is 4.98 Å². The van der Waals surface area contributed by atoms with Gasteiger partial charge in [0.15, 0.2) is 11.5 Å². The number of anilines is 1. The Morgan fingerprint density at radius 3 is 2.83 bits per heavy atom. The van der Waals surface area contributed by atoms with Gasteiger partial charge in [0.05, 0.1) is 29.3 Å². The van der Waals surface area contributed by atoms with Crippen LogP contribution in [-0.2, 0) is 0 Å². The molecule has 0 aliphatic rings. The molecule has 1 N–H and O–H groups in total. The van der Waals surface area contributed by atoms with Crippen molar-refractivity contribution >= 4 is 33.6 Å². The van der Waals surface area contributed by atoms with Gasteiger partial charge in [-0.15, -0.1) is 0 Å². The molecule has 0 aliphatic heterocycles. The SMILES string of the molecule is CCOc1c(Br)cc(/C=N/Nc2ccc([N+](=O)[O-])cn2)cc1OC. The first-order valence-corrected chi connectivity index (χ1v) is 7.74. The van der Waals surface area contributed by atoms with Gasteiger partial charge in [-0.05, 0) is 46.6 Å². The van der Waals surface area contributed by atoms with E-state index >= 15 is 0 Å². The van der Waals surface area contributed by atoms with Crippen molar-refractivity contribution in [1.29, 1.82) is 0 Å². The second kappa shape index (κ2) is 8.25. The van der Waals surface area contributed by atoms with E-state index in [-0.39, 0.29) is 5.69 Å². The molecular weight excluding hydrogens is 380 g/mol. The molecule has 0 spiro atoms. The Morgan fingerprint density at radius 2 is 2.25 bits per heavy atom. The molecule has 0 saturated carbocycles. The number of benzene rings is 1. The highest BCUT2D eigenvalue weighted by molar-refractivity contribution is 9.10. The number of hydrogen-bond donors (Lipinski definition) is 1. The molecule has 0 radical (unpaired) electrons. The summed E-state index contributed by atoms with van der Waals surface area (Å²) in [6, 6.07) is 6.44. The highest BCUT2D eigenvalue weighted by atomic mass is 79.9. The maximum absolute atomic E-state index is 10.6. The molecule has 126 valence electrons. The van der Waals surface area contributed by atoms with Crippen molar-refractivity contribution in [3.63, 3.8) is 0 Å². The molecule has 0 saturated heterocycles. The van der Waals surface area contributed by atoms with Gasteiger partial charge in [-0.1, -0.05) is 0 Å². The number of pyridine rings is 1. The molecule has 1 aromatic carbocycles. The summed E-state index contributed by atoms with van der Waals surface area (Å²) in [6.45, 7) is 2.41. The van der Waals surface area contributed by atoms with Crippen LogP contribution in [0.1, 0.15) is 12.5 Å². The van der Waals surface area contributed by atoms with Crippen LogP contribution < -0.4 is 14.9 Å². The summed E-state index contributed by atoms with van der Waals surface area (Å²) in [4.78, 5) is 14.0. The maximum Gasteiger partial charge on any atom is 0.287 e. The zero-order chi connectivity index (χ0) is 17.5. The largest absolute Gasteiger partial charge is 0.493 e. The normalized spacial score (nSPS) is 10.6. The second-order valence-corrected chi connectivity index (χ2v) is 5.35. The lowest BCUT2D eigenvalue weighted by Gasteiger charge is -2.11. The van der Waals surface area contributed by atoms with Gasteiger partial charge < -0.3 is 9.47 Å². The molecule has 24 heavy (non-hydrogen) atoms. The van der Waals surface area contributed by atoms with Crippen LogP contribution in [0, 0.1) is 10.1 Å². The zero-order valence-electron chi connectivity index (χ0n) is 13.0. The van der Waals surface area contributed by atoms with Crippen LogP contribution in [-0.4, -0.2) is 29.8 Å². The van der Waals surface area contributed by atoms with Crippen LogP contribution >= 0.6 is 15.9 Å². The van der Waals surface area contributed by atoms with E-state index in [0.29, 0.717) is 23.9 Å². The van der Waals surface area contributed by atoms with E-state index in [1.54, 1.807) is 19.4 Å². The number of methoxy groups -OCH3 is 1. The Bertz CT molecular complexity index is 750. The third-order valence-electron chi connectivity index (χ3n) is 2.89. The molecule has 1 aromatic heterocycles. The highest BCUT2D eigenvalue weighted by Crippen LogP contribution is 2.36. The first kappa shape index (κ1) is 17.7. The minimum absolute atomic E-state index is 0.0790. The Kier molecular flexibility index (Phi) is 6.07. The van der Waals surface area contributed by atoms with Gasteiger partial charge in [0.1, 0.15) is 12.0 Å². The van der Waals surface area contributed by atoms with Crippen LogP contribution in [0.4, 0.5) is 11.5 Å². The van der Waals surface area contributed by atoms with E-state index in [1.807, 2.05) is 13.0 Å². The number of ether oxygens (including phenoxy) is 2. The van der Waals surface area contributed by atoms with Gasteiger partial charge >= 0.3 is 0 Å². The Morgan fingerprint density at radius 1 is 1.46 bits per heavy atom. The molecule has 9 heteroatoms. The minimum Gasteiger partial charge on any atom is -0.493 e. The molecule has 0 bridgehead atoms. The van der Waals surface area contributed by atoms with Gasteiger partial charge in [-0.3, -0.25) is 15.5 Å². The molecule has 8 nitrogen and oxygen atoms in total. The van der Waals surface area contributed by atoms with Crippen LogP contribution in [0.5, 0.6) is 11.5 Å². The predicted octanol–water partition coefficient (Wildman–Crippen LogP) is 3.61. The van der Waals surface area contributed by atoms with Crippen LogP contribution in [0.3, 0.4) is 0 Å². The number of nitrogens with zero attached hydrogens (tertiary/aromatic N) is 3. The van der Waals surface area contributed by atoms with Crippen molar-refractivity contribution in [2.75, 3.05) is 19.1 Å². The molecule has 0 fully saturated rings. The van der Waals surface area contributed by atoms with Crippen molar-refractivity contribution in [2.24, 2.45) is 5.10 Å². The summed E-state index contributed by atoms with van der Waals surface area (Å²) >= 11 is 3.43. The fourth-order valence-electron chi connectivity index (χ4n) is 1.83. The number of halogens is 1. The number of nitro groups is 1. The van der Waals surface area contributed by atoms with E-state index in [4.69, 9.17) is 9.47 Å². The molecule has 0 amide bonds. The molecular formula is C15H15BrN4O4. The van der Waals surface area contributed by atoms with Crippen LogP contribution in [0.2, 0.25) is 0 Å². The van der Waals surface area contributed by atoms with E-state index in [2.05, 4.69) is 31.4 Å². The average molecular weight is 395 g/mol. The number of nitrogens with one attached hydrogen (secondary N) is 1. The first-order valence-electron chi connectivity index (χ1n) is 6.95. The predicted molar refractivity (Wildman–Crippen MR) is 94.0 cm³/mol. The Balaban J connectivity index is 2.11. The Hall–Kier alpha value is -2.68. The standard InChI is InChI=1S/C15H15BrN4O4/c1-3-24-15-12(16)6-10(7-13(15)23-2)8-18-19-14-5-4-11(9-17-14)20(21)22/h4-9H,3H2,1-2H3,(H,17,19)/b18-8+. The summed E-state index contributed by atoms with van der Waals surface area (Å²) in [5.74, 6) is 1.61. The van der Waals surface area contributed by atoms with Gasteiger partial charge in [0, 0.05) is 6.07 Å². The lowest BCUT2D eigenvalue weighted by molar-refractivity contribution is -0.385. The van der Waals surface area contributed by atoms with Gasteiger partial charge in [0.2, 0.25) is 0 Å². The molecule has 2 rings (SSSR count). The maximum atomic E-state index is 10.6. The third kappa shape index (κ3) is 4.42. The first-order chi connectivity index (χ1) is 11.5. The summed E-state index contributed by atoms with van der Waals surface area (Å²) < 4.78 is 11.6. The second-order valence-electron chi connectivity index (χ2n) is 4.50.